The zero-order chi connectivity index (χ0) is 13.7. The van der Waals surface area contributed by atoms with Crippen LogP contribution in [0.15, 0.2) is 0 Å². The number of hydrogen-bond donors (Lipinski definition) is 1. The number of nitrogens with zero attached hydrogens (tertiary/aromatic N) is 1. The third-order valence-corrected chi connectivity index (χ3v) is 3.98. The van der Waals surface area contributed by atoms with Crippen LogP contribution in [0.25, 0.3) is 0 Å². The van der Waals surface area contributed by atoms with Crippen LogP contribution in [0.3, 0.4) is 0 Å². The van der Waals surface area contributed by atoms with Crippen molar-refractivity contribution in [2.45, 2.75) is 85.0 Å². The molecule has 3 atom stereocenters. The Labute approximate surface area is 112 Å². The van der Waals surface area contributed by atoms with E-state index >= 15 is 0 Å². The van der Waals surface area contributed by atoms with Gasteiger partial charge in [0.1, 0.15) is 0 Å². The highest BCUT2D eigenvalue weighted by Gasteiger charge is 2.39. The predicted octanol–water partition coefficient (Wildman–Crippen LogP) is 3.15. The number of hydrogen-bond acceptors (Lipinski definition) is 2. The molecule has 1 amide bonds. The first kappa shape index (κ1) is 15.5. The lowest BCUT2D eigenvalue weighted by molar-refractivity contribution is -0.132. The fourth-order valence-corrected chi connectivity index (χ4v) is 2.85. The molecule has 1 fully saturated rings. The quantitative estimate of drug-likeness (QED) is 0.708. The Morgan fingerprint density at radius 2 is 1.89 bits per heavy atom. The number of rotatable bonds is 7. The predicted molar refractivity (Wildman–Crippen MR) is 76.3 cm³/mol. The minimum atomic E-state index is 0.0121. The summed E-state index contributed by atoms with van der Waals surface area (Å²) < 4.78 is 0. The highest BCUT2D eigenvalue weighted by Crippen LogP contribution is 2.21. The van der Waals surface area contributed by atoms with E-state index < -0.39 is 0 Å². The van der Waals surface area contributed by atoms with Crippen molar-refractivity contribution in [1.29, 1.82) is 0 Å². The molecule has 18 heavy (non-hydrogen) atoms. The van der Waals surface area contributed by atoms with E-state index in [-0.39, 0.29) is 12.2 Å². The third kappa shape index (κ3) is 3.71. The van der Waals surface area contributed by atoms with E-state index in [0.29, 0.717) is 17.9 Å². The maximum atomic E-state index is 12.4. The number of nitrogens with one attached hydrogen (secondary N) is 1. The molecule has 106 valence electrons. The van der Waals surface area contributed by atoms with Crippen molar-refractivity contribution in [2.24, 2.45) is 5.92 Å². The number of carbonyl (C=O) groups is 1. The molecular weight excluding hydrogens is 224 g/mol. The van der Waals surface area contributed by atoms with Gasteiger partial charge in [-0.3, -0.25) is 10.1 Å². The van der Waals surface area contributed by atoms with Crippen LogP contribution in [-0.4, -0.2) is 29.1 Å². The molecule has 3 nitrogen and oxygen atoms in total. The molecule has 0 aromatic rings. The largest absolute Gasteiger partial charge is 0.323 e. The van der Waals surface area contributed by atoms with Crippen LogP contribution in [0.5, 0.6) is 0 Å². The van der Waals surface area contributed by atoms with Gasteiger partial charge in [-0.15, -0.1) is 0 Å². The van der Waals surface area contributed by atoms with Crippen LogP contribution < -0.4 is 5.32 Å². The first-order valence-electron chi connectivity index (χ1n) is 7.57. The zero-order valence-electron chi connectivity index (χ0n) is 12.7. The van der Waals surface area contributed by atoms with Crippen LogP contribution in [-0.2, 0) is 4.79 Å². The molecular formula is C15H30N2O. The van der Waals surface area contributed by atoms with Crippen molar-refractivity contribution in [3.8, 4) is 0 Å². The molecule has 1 saturated heterocycles. The van der Waals surface area contributed by atoms with Gasteiger partial charge in [0.2, 0.25) is 5.91 Å². The normalized spacial score (nSPS) is 26.1. The van der Waals surface area contributed by atoms with Crippen molar-refractivity contribution in [3.63, 3.8) is 0 Å². The molecule has 0 aliphatic carbocycles. The van der Waals surface area contributed by atoms with Gasteiger partial charge in [0, 0.05) is 6.04 Å². The number of unbranched alkanes of at least 4 members (excludes halogenated alkanes) is 3. The molecule has 3 heteroatoms. The van der Waals surface area contributed by atoms with E-state index in [9.17, 15) is 4.79 Å². The second kappa shape index (κ2) is 7.13. The van der Waals surface area contributed by atoms with E-state index in [1.165, 1.54) is 25.7 Å². The van der Waals surface area contributed by atoms with Gasteiger partial charge in [-0.25, -0.2) is 0 Å². The summed E-state index contributed by atoms with van der Waals surface area (Å²) in [6, 6.07) is 0.374. The fourth-order valence-electron chi connectivity index (χ4n) is 2.85. The van der Waals surface area contributed by atoms with Crippen molar-refractivity contribution < 1.29 is 4.79 Å². The van der Waals surface area contributed by atoms with Gasteiger partial charge in [-0.2, -0.15) is 0 Å². The number of carbonyl (C=O) groups excluding carboxylic acids is 1. The van der Waals surface area contributed by atoms with E-state index in [1.54, 1.807) is 0 Å². The lowest BCUT2D eigenvalue weighted by Crippen LogP contribution is -2.41. The topological polar surface area (TPSA) is 32.3 Å². The minimum absolute atomic E-state index is 0.0121. The van der Waals surface area contributed by atoms with E-state index in [4.69, 9.17) is 0 Å². The summed E-state index contributed by atoms with van der Waals surface area (Å²) in [5.41, 5.74) is 0. The van der Waals surface area contributed by atoms with Gasteiger partial charge in [0.25, 0.3) is 0 Å². The van der Waals surface area contributed by atoms with Crippen LogP contribution in [0.1, 0.15) is 66.7 Å². The lowest BCUT2D eigenvalue weighted by atomic mass is 10.0. The maximum Gasteiger partial charge on any atom is 0.241 e. The monoisotopic (exact) mass is 254 g/mol. The highest BCUT2D eigenvalue weighted by molar-refractivity contribution is 5.84. The van der Waals surface area contributed by atoms with Crippen LogP contribution in [0.2, 0.25) is 0 Å². The Bertz CT molecular complexity index is 265. The molecule has 0 aromatic carbocycles. The summed E-state index contributed by atoms with van der Waals surface area (Å²) >= 11 is 0. The molecule has 0 bridgehead atoms. The lowest BCUT2D eigenvalue weighted by Gasteiger charge is -2.28. The Morgan fingerprint density at radius 3 is 2.39 bits per heavy atom. The molecule has 0 aromatic heterocycles. The maximum absolute atomic E-state index is 12.4. The summed E-state index contributed by atoms with van der Waals surface area (Å²) in [5, 5.41) is 3.41. The second-order valence-corrected chi connectivity index (χ2v) is 6.01. The summed E-state index contributed by atoms with van der Waals surface area (Å²) in [4.78, 5) is 14.4. The van der Waals surface area contributed by atoms with Crippen molar-refractivity contribution in [3.05, 3.63) is 0 Å². The molecule has 1 aliphatic heterocycles. The molecule has 0 saturated carbocycles. The Kier molecular flexibility index (Phi) is 6.13. The standard InChI is InChI=1S/C15H30N2O/c1-6-7-8-9-10-12(4)17-13(5)16-14(11(2)3)15(17)18/h11-14,16H,6-10H2,1-5H3. The molecule has 1 aliphatic rings. The van der Waals surface area contributed by atoms with Gasteiger partial charge >= 0.3 is 0 Å². The molecule has 0 spiro atoms. The Balaban J connectivity index is 2.47. The van der Waals surface area contributed by atoms with Crippen LogP contribution >= 0.6 is 0 Å². The van der Waals surface area contributed by atoms with E-state index in [0.717, 1.165) is 6.42 Å². The van der Waals surface area contributed by atoms with Crippen LogP contribution in [0, 0.1) is 5.92 Å². The zero-order valence-corrected chi connectivity index (χ0v) is 12.7. The molecule has 1 rings (SSSR count). The highest BCUT2D eigenvalue weighted by atomic mass is 16.2. The summed E-state index contributed by atoms with van der Waals surface area (Å²) in [7, 11) is 0. The summed E-state index contributed by atoms with van der Waals surface area (Å²) in [5.74, 6) is 0.665. The molecule has 3 unspecified atom stereocenters. The minimum Gasteiger partial charge on any atom is -0.323 e. The average Bonchev–Trinajstić information content (AvgIpc) is 2.60. The smallest absolute Gasteiger partial charge is 0.241 e. The third-order valence-electron chi connectivity index (χ3n) is 3.98. The van der Waals surface area contributed by atoms with E-state index in [1.807, 2.05) is 0 Å². The number of amides is 1. The Morgan fingerprint density at radius 1 is 1.22 bits per heavy atom. The molecule has 1 heterocycles. The SMILES string of the molecule is CCCCCCC(C)N1C(=O)C(C(C)C)NC1C. The summed E-state index contributed by atoms with van der Waals surface area (Å²) in [6.45, 7) is 10.7. The Hall–Kier alpha value is -0.570. The van der Waals surface area contributed by atoms with E-state index in [2.05, 4.69) is 44.8 Å². The first-order valence-corrected chi connectivity index (χ1v) is 7.57. The van der Waals surface area contributed by atoms with Gasteiger partial charge < -0.3 is 4.90 Å². The molecule has 1 N–H and O–H groups in total. The van der Waals surface area contributed by atoms with Gasteiger partial charge in [-0.05, 0) is 26.2 Å². The van der Waals surface area contributed by atoms with Gasteiger partial charge in [0.15, 0.2) is 0 Å². The van der Waals surface area contributed by atoms with Gasteiger partial charge in [0.05, 0.1) is 12.2 Å². The fraction of sp³-hybridized carbons (Fsp3) is 0.933. The second-order valence-electron chi connectivity index (χ2n) is 6.01. The van der Waals surface area contributed by atoms with Crippen molar-refractivity contribution >= 4 is 5.91 Å². The van der Waals surface area contributed by atoms with Gasteiger partial charge in [-0.1, -0.05) is 46.5 Å². The van der Waals surface area contributed by atoms with Crippen molar-refractivity contribution in [1.82, 2.24) is 10.2 Å². The van der Waals surface area contributed by atoms with Crippen molar-refractivity contribution in [2.75, 3.05) is 0 Å². The first-order chi connectivity index (χ1) is 8.49. The summed E-state index contributed by atoms with van der Waals surface area (Å²) in [6.07, 6.45) is 6.41. The average molecular weight is 254 g/mol. The molecule has 0 radical (unpaired) electrons. The van der Waals surface area contributed by atoms with Crippen LogP contribution in [0.4, 0.5) is 0 Å².